The van der Waals surface area contributed by atoms with Crippen LogP contribution in [0.4, 0.5) is 5.13 Å². The third-order valence-electron chi connectivity index (χ3n) is 4.26. The van der Waals surface area contributed by atoms with E-state index < -0.39 is 63.1 Å². The van der Waals surface area contributed by atoms with Gasteiger partial charge in [-0.2, -0.15) is 12.7 Å². The van der Waals surface area contributed by atoms with Gasteiger partial charge in [0.15, 0.2) is 16.9 Å². The zero-order chi connectivity index (χ0) is 26.9. The van der Waals surface area contributed by atoms with Gasteiger partial charge < -0.3 is 25.4 Å². The fraction of sp³-hybridized carbons (Fsp3) is 0.556. The summed E-state index contributed by atoms with van der Waals surface area (Å²) in [7, 11) is -4.19. The summed E-state index contributed by atoms with van der Waals surface area (Å²) in [5, 5.41) is 7.23. The summed E-state index contributed by atoms with van der Waals surface area (Å²) in [6.07, 6.45) is 0. The fourth-order valence-electron chi connectivity index (χ4n) is 2.62. The quantitative estimate of drug-likeness (QED) is 0.123. The molecule has 2 heterocycles. The molecule has 1 aromatic heterocycles. The summed E-state index contributed by atoms with van der Waals surface area (Å²) in [4.78, 5) is 58.9. The first-order valence-corrected chi connectivity index (χ1v) is 12.1. The van der Waals surface area contributed by atoms with Crippen molar-refractivity contribution >= 4 is 56.2 Å². The zero-order valence-corrected chi connectivity index (χ0v) is 21.2. The number of hydrogen-bond acceptors (Lipinski definition) is 13. The lowest BCUT2D eigenvalue weighted by Gasteiger charge is -2.41. The monoisotopic (exact) mass is 535 g/mol. The van der Waals surface area contributed by atoms with E-state index in [9.17, 15) is 32.1 Å². The first kappa shape index (κ1) is 27.9. The molecule has 2 amide bonds. The van der Waals surface area contributed by atoms with Crippen LogP contribution in [-0.2, 0) is 43.8 Å². The molecule has 35 heavy (non-hydrogen) atoms. The van der Waals surface area contributed by atoms with Gasteiger partial charge in [-0.3, -0.25) is 14.1 Å². The molecule has 0 radical (unpaired) electrons. The zero-order valence-electron chi connectivity index (χ0n) is 19.6. The number of hydrogen-bond donors (Lipinski definition) is 3. The average molecular weight is 536 g/mol. The highest BCUT2D eigenvalue weighted by Crippen LogP contribution is 2.25. The van der Waals surface area contributed by atoms with Crippen LogP contribution in [0.25, 0.3) is 0 Å². The number of carbonyl (C=O) groups is 4. The Balaban J connectivity index is 2.35. The van der Waals surface area contributed by atoms with Crippen LogP contribution in [-0.4, -0.2) is 82.1 Å². The Hall–Kier alpha value is -3.31. The minimum atomic E-state index is -5.11. The molecule has 1 saturated heterocycles. The van der Waals surface area contributed by atoms with Gasteiger partial charge in [0.25, 0.3) is 11.8 Å². The second-order valence-electron chi connectivity index (χ2n) is 8.65. The first-order valence-electron chi connectivity index (χ1n) is 9.79. The molecule has 1 aliphatic heterocycles. The summed E-state index contributed by atoms with van der Waals surface area (Å²) < 4.78 is 41.7. The van der Waals surface area contributed by atoms with Gasteiger partial charge in [-0.05, 0) is 34.6 Å². The van der Waals surface area contributed by atoms with E-state index in [2.05, 4.69) is 20.2 Å². The van der Waals surface area contributed by atoms with Crippen LogP contribution in [0, 0.1) is 0 Å². The molecular formula is C18H25N5O10S2. The van der Waals surface area contributed by atoms with Crippen LogP contribution in [0.15, 0.2) is 10.5 Å². The second kappa shape index (κ2) is 9.74. The van der Waals surface area contributed by atoms with Gasteiger partial charge in [-0.1, -0.05) is 5.16 Å². The van der Waals surface area contributed by atoms with Crippen molar-refractivity contribution < 1.29 is 46.5 Å². The van der Waals surface area contributed by atoms with E-state index in [0.29, 0.717) is 0 Å². The van der Waals surface area contributed by atoms with Crippen molar-refractivity contribution in [2.24, 2.45) is 5.16 Å². The maximum absolute atomic E-state index is 13.0. The Morgan fingerprint density at radius 2 is 1.86 bits per heavy atom. The van der Waals surface area contributed by atoms with Gasteiger partial charge in [-0.25, -0.2) is 14.6 Å². The van der Waals surface area contributed by atoms with Crippen LogP contribution in [0.1, 0.15) is 40.3 Å². The molecule has 194 valence electrons. The van der Waals surface area contributed by atoms with Crippen molar-refractivity contribution in [3.8, 4) is 0 Å². The van der Waals surface area contributed by atoms with Gasteiger partial charge in [0.05, 0.1) is 7.11 Å². The Morgan fingerprint density at radius 1 is 1.26 bits per heavy atom. The topological polar surface area (TPSA) is 217 Å². The van der Waals surface area contributed by atoms with Crippen molar-refractivity contribution in [2.45, 2.75) is 57.9 Å². The van der Waals surface area contributed by atoms with Crippen molar-refractivity contribution in [2.75, 3.05) is 12.8 Å². The SMILES string of the molecule is COC(=O)[C@@H]1[C@H](NC(=O)/C(=N/OC(C)(C)C(=O)OC(C)(C)C)c2csc(N)n2)C(=O)N1S(=O)(=O)O. The molecule has 17 heteroatoms. The molecular weight excluding hydrogens is 510 g/mol. The van der Waals surface area contributed by atoms with Crippen LogP contribution >= 0.6 is 11.3 Å². The van der Waals surface area contributed by atoms with Crippen LogP contribution in [0.5, 0.6) is 0 Å². The lowest BCUT2D eigenvalue weighted by molar-refractivity contribution is -0.179. The highest BCUT2D eigenvalue weighted by atomic mass is 32.2. The first-order chi connectivity index (χ1) is 15.9. The molecule has 1 fully saturated rings. The largest absolute Gasteiger partial charge is 0.467 e. The van der Waals surface area contributed by atoms with Gasteiger partial charge in [-0.15, -0.1) is 11.3 Å². The smallest absolute Gasteiger partial charge is 0.363 e. The van der Waals surface area contributed by atoms with Gasteiger partial charge in [0.2, 0.25) is 5.60 Å². The molecule has 1 aliphatic rings. The highest BCUT2D eigenvalue weighted by Gasteiger charge is 2.58. The van der Waals surface area contributed by atoms with E-state index in [1.165, 1.54) is 19.2 Å². The standard InChI is InChI=1S/C18H25N5O10S2/c1-17(2,3)32-15(27)18(4,5)33-22-9(8-7-34-16(19)20-8)12(24)21-10-11(14(26)31-6)23(13(10)25)35(28,29)30/h7,10-11H,1-6H3,(H2,19,20)(H,21,24)(H,28,29,30)/b22-9+/t10-,11-/m0/s1. The number of amides is 2. The van der Waals surface area contributed by atoms with Gasteiger partial charge in [0.1, 0.15) is 17.3 Å². The Kier molecular flexibility index (Phi) is 7.78. The van der Waals surface area contributed by atoms with Crippen molar-refractivity contribution in [3.05, 3.63) is 11.1 Å². The molecule has 2 rings (SSSR count). The number of nitrogens with zero attached hydrogens (tertiary/aromatic N) is 3. The Labute approximate surface area is 204 Å². The molecule has 0 unspecified atom stereocenters. The number of β-lactam (4-membered cyclic amide) rings is 1. The number of methoxy groups -OCH3 is 1. The highest BCUT2D eigenvalue weighted by molar-refractivity contribution is 7.84. The molecule has 4 N–H and O–H groups in total. The minimum absolute atomic E-state index is 0.0524. The molecule has 0 aliphatic carbocycles. The summed E-state index contributed by atoms with van der Waals surface area (Å²) in [6, 6.07) is -3.59. The van der Waals surface area contributed by atoms with Crippen LogP contribution in [0.3, 0.4) is 0 Å². The van der Waals surface area contributed by atoms with Gasteiger partial charge in [0, 0.05) is 5.38 Å². The van der Waals surface area contributed by atoms with Crippen LogP contribution in [0.2, 0.25) is 0 Å². The third-order valence-corrected chi connectivity index (χ3v) is 5.84. The molecule has 0 aromatic carbocycles. The van der Waals surface area contributed by atoms with E-state index in [-0.39, 0.29) is 15.1 Å². The molecule has 0 spiro atoms. The van der Waals surface area contributed by atoms with E-state index >= 15 is 0 Å². The maximum atomic E-state index is 13.0. The van der Waals surface area contributed by atoms with E-state index in [1.54, 1.807) is 20.8 Å². The second-order valence-corrected chi connectivity index (χ2v) is 10.8. The number of thiazole rings is 1. The summed E-state index contributed by atoms with van der Waals surface area (Å²) >= 11 is 0.947. The van der Waals surface area contributed by atoms with Gasteiger partial charge >= 0.3 is 22.2 Å². The lowest BCUT2D eigenvalue weighted by Crippen LogP contribution is -2.74. The number of nitrogens with one attached hydrogen (secondary N) is 1. The number of aromatic nitrogens is 1. The number of anilines is 1. The average Bonchev–Trinajstić information content (AvgIpc) is 3.12. The Morgan fingerprint density at radius 3 is 2.31 bits per heavy atom. The Bertz CT molecular complexity index is 1170. The summed E-state index contributed by atoms with van der Waals surface area (Å²) in [5.41, 5.74) is 2.47. The van der Waals surface area contributed by atoms with Crippen molar-refractivity contribution in [1.82, 2.24) is 14.6 Å². The third kappa shape index (κ3) is 6.43. The molecule has 0 saturated carbocycles. The number of oxime groups is 1. The number of nitrogen functional groups attached to an aromatic ring is 1. The molecule has 15 nitrogen and oxygen atoms in total. The van der Waals surface area contributed by atoms with Crippen LogP contribution < -0.4 is 11.1 Å². The van der Waals surface area contributed by atoms with Crippen molar-refractivity contribution in [1.29, 1.82) is 0 Å². The number of carbonyl (C=O) groups excluding carboxylic acids is 4. The molecule has 2 atom stereocenters. The van der Waals surface area contributed by atoms with E-state index in [4.69, 9.17) is 15.3 Å². The lowest BCUT2D eigenvalue weighted by atomic mass is 9.98. The van der Waals surface area contributed by atoms with Crippen molar-refractivity contribution in [3.63, 3.8) is 0 Å². The number of rotatable bonds is 8. The molecule has 1 aromatic rings. The summed E-state index contributed by atoms with van der Waals surface area (Å²) in [5.74, 6) is -4.44. The van der Waals surface area contributed by atoms with E-state index in [1.807, 2.05) is 0 Å². The number of esters is 2. The summed E-state index contributed by atoms with van der Waals surface area (Å²) in [6.45, 7) is 7.60. The van der Waals surface area contributed by atoms with E-state index in [0.717, 1.165) is 18.4 Å². The maximum Gasteiger partial charge on any atom is 0.363 e. The number of ether oxygens (including phenoxy) is 2. The predicted molar refractivity (Wildman–Crippen MR) is 120 cm³/mol. The number of nitrogens with two attached hydrogens (primary N) is 1. The molecule has 0 bridgehead atoms. The predicted octanol–water partition coefficient (Wildman–Crippen LogP) is -0.762. The minimum Gasteiger partial charge on any atom is -0.467 e. The fourth-order valence-corrected chi connectivity index (χ4v) is 4.00. The normalized spacial score (nSPS) is 19.0.